The molecular formula is C19H19BN4O. The number of nitrogens with zero attached hydrogens (tertiary/aromatic N) is 3. The average molecular weight is 330 g/mol. The Bertz CT molecular complexity index is 876. The van der Waals surface area contributed by atoms with Gasteiger partial charge in [0, 0.05) is 37.0 Å². The van der Waals surface area contributed by atoms with E-state index < -0.39 is 0 Å². The molecule has 0 radical (unpaired) electrons. The molecule has 25 heavy (non-hydrogen) atoms. The molecule has 1 atom stereocenters. The van der Waals surface area contributed by atoms with Crippen LogP contribution in [0.3, 0.4) is 0 Å². The molecule has 3 aromatic rings. The number of aromatic amines is 1. The predicted octanol–water partition coefficient (Wildman–Crippen LogP) is 1.36. The van der Waals surface area contributed by atoms with Crippen LogP contribution in [0.25, 0.3) is 11.3 Å². The second kappa shape index (κ2) is 6.55. The van der Waals surface area contributed by atoms with E-state index in [1.54, 1.807) is 12.4 Å². The van der Waals surface area contributed by atoms with Crippen molar-refractivity contribution in [1.82, 2.24) is 20.1 Å². The van der Waals surface area contributed by atoms with E-state index >= 15 is 0 Å². The summed E-state index contributed by atoms with van der Waals surface area (Å²) < 4.78 is 0. The van der Waals surface area contributed by atoms with Crippen LogP contribution in [0.5, 0.6) is 0 Å². The van der Waals surface area contributed by atoms with Crippen LogP contribution >= 0.6 is 0 Å². The fraction of sp³-hybridized carbons (Fsp3) is 0.211. The Labute approximate surface area is 147 Å². The number of pyridine rings is 1. The molecule has 1 fully saturated rings. The van der Waals surface area contributed by atoms with Gasteiger partial charge < -0.3 is 4.90 Å². The molecule has 4 rings (SSSR count). The number of aromatic nitrogens is 3. The van der Waals surface area contributed by atoms with Gasteiger partial charge in [-0.3, -0.25) is 14.9 Å². The molecule has 124 valence electrons. The zero-order chi connectivity index (χ0) is 17.2. The normalized spacial score (nSPS) is 17.0. The summed E-state index contributed by atoms with van der Waals surface area (Å²) in [7, 11) is 2.05. The van der Waals surface area contributed by atoms with E-state index in [9.17, 15) is 4.79 Å². The van der Waals surface area contributed by atoms with Crippen molar-refractivity contribution in [3.05, 3.63) is 66.1 Å². The zero-order valence-corrected chi connectivity index (χ0v) is 14.1. The van der Waals surface area contributed by atoms with Crippen molar-refractivity contribution in [1.29, 1.82) is 0 Å². The maximum absolute atomic E-state index is 13.0. The lowest BCUT2D eigenvalue weighted by Crippen LogP contribution is -2.28. The van der Waals surface area contributed by atoms with Gasteiger partial charge in [-0.25, -0.2) is 0 Å². The third-order valence-corrected chi connectivity index (χ3v) is 4.84. The number of rotatable bonds is 3. The highest BCUT2D eigenvalue weighted by Gasteiger charge is 2.30. The summed E-state index contributed by atoms with van der Waals surface area (Å²) in [6.45, 7) is 1.49. The van der Waals surface area contributed by atoms with Gasteiger partial charge in [-0.05, 0) is 18.1 Å². The van der Waals surface area contributed by atoms with Gasteiger partial charge in [-0.2, -0.15) is 5.10 Å². The van der Waals surface area contributed by atoms with Gasteiger partial charge in [-0.1, -0.05) is 35.8 Å². The maximum atomic E-state index is 13.0. The molecule has 1 aliphatic rings. The summed E-state index contributed by atoms with van der Waals surface area (Å²) in [6, 6.07) is 12.1. The number of amides is 1. The average Bonchev–Trinajstić information content (AvgIpc) is 3.32. The van der Waals surface area contributed by atoms with Crippen molar-refractivity contribution in [3.63, 3.8) is 0 Å². The van der Waals surface area contributed by atoms with Gasteiger partial charge >= 0.3 is 0 Å². The minimum atomic E-state index is 0.0377. The molecule has 1 aromatic carbocycles. The van der Waals surface area contributed by atoms with Gasteiger partial charge in [0.15, 0.2) is 0 Å². The van der Waals surface area contributed by atoms with E-state index in [1.165, 1.54) is 11.0 Å². The molecule has 1 saturated heterocycles. The number of carbonyl (C=O) groups excluding carboxylic acids is 1. The quantitative estimate of drug-likeness (QED) is 0.738. The van der Waals surface area contributed by atoms with E-state index in [2.05, 4.69) is 21.2 Å². The highest BCUT2D eigenvalue weighted by atomic mass is 16.2. The Morgan fingerprint density at radius 2 is 2.04 bits per heavy atom. The first-order valence-corrected chi connectivity index (χ1v) is 8.52. The molecule has 0 bridgehead atoms. The third kappa shape index (κ3) is 3.07. The van der Waals surface area contributed by atoms with E-state index in [0.717, 1.165) is 30.8 Å². The minimum absolute atomic E-state index is 0.0377. The fourth-order valence-electron chi connectivity index (χ4n) is 3.39. The summed E-state index contributed by atoms with van der Waals surface area (Å²) in [6.07, 6.45) is 6.28. The van der Waals surface area contributed by atoms with Crippen LogP contribution in [-0.4, -0.2) is 46.9 Å². The smallest absolute Gasteiger partial charge is 0.257 e. The summed E-state index contributed by atoms with van der Waals surface area (Å²) in [4.78, 5) is 19.1. The Morgan fingerprint density at radius 3 is 2.80 bits per heavy atom. The Kier molecular flexibility index (Phi) is 4.10. The number of nitrogens with one attached hydrogen (secondary N) is 1. The first kappa shape index (κ1) is 15.6. The number of benzene rings is 1. The maximum Gasteiger partial charge on any atom is 0.257 e. The minimum Gasteiger partial charge on any atom is -0.338 e. The second-order valence-corrected chi connectivity index (χ2v) is 6.55. The lowest BCUT2D eigenvalue weighted by atomic mass is 9.94. The molecule has 3 heterocycles. The number of carbonyl (C=O) groups is 1. The number of hydrogen-bond donors (Lipinski definition) is 1. The van der Waals surface area contributed by atoms with Crippen molar-refractivity contribution in [3.8, 4) is 11.3 Å². The highest BCUT2D eigenvalue weighted by Crippen LogP contribution is 2.29. The van der Waals surface area contributed by atoms with Gasteiger partial charge in [0.25, 0.3) is 5.91 Å². The van der Waals surface area contributed by atoms with Crippen LogP contribution in [0, 0.1) is 0 Å². The van der Waals surface area contributed by atoms with Crippen LogP contribution in [-0.2, 0) is 0 Å². The lowest BCUT2D eigenvalue weighted by Gasteiger charge is -2.16. The molecule has 0 aliphatic carbocycles. The van der Waals surface area contributed by atoms with Crippen molar-refractivity contribution in [2.45, 2.75) is 12.3 Å². The number of H-pyrrole nitrogens is 1. The predicted molar refractivity (Wildman–Crippen MR) is 99.7 cm³/mol. The van der Waals surface area contributed by atoms with Crippen molar-refractivity contribution >= 4 is 19.2 Å². The Hall–Kier alpha value is -2.89. The first-order valence-electron chi connectivity index (χ1n) is 8.52. The number of likely N-dealkylation sites (tertiary alicyclic amines) is 1. The van der Waals surface area contributed by atoms with Crippen LogP contribution < -0.4 is 5.46 Å². The topological polar surface area (TPSA) is 61.9 Å². The molecule has 1 amide bonds. The van der Waals surface area contributed by atoms with Crippen LogP contribution in [0.15, 0.2) is 55.0 Å². The fourth-order valence-corrected chi connectivity index (χ4v) is 3.39. The van der Waals surface area contributed by atoms with E-state index in [1.807, 2.05) is 49.3 Å². The summed E-state index contributed by atoms with van der Waals surface area (Å²) in [5.74, 6) is 0.392. The van der Waals surface area contributed by atoms with E-state index in [4.69, 9.17) is 0 Å². The summed E-state index contributed by atoms with van der Waals surface area (Å²) >= 11 is 0. The van der Waals surface area contributed by atoms with Gasteiger partial charge in [-0.15, -0.1) is 0 Å². The van der Waals surface area contributed by atoms with Crippen LogP contribution in [0.1, 0.15) is 28.3 Å². The van der Waals surface area contributed by atoms with Gasteiger partial charge in [0.1, 0.15) is 7.85 Å². The van der Waals surface area contributed by atoms with Crippen molar-refractivity contribution < 1.29 is 4.79 Å². The Morgan fingerprint density at radius 1 is 1.20 bits per heavy atom. The van der Waals surface area contributed by atoms with Crippen molar-refractivity contribution in [2.75, 3.05) is 13.1 Å². The number of hydrogen-bond acceptors (Lipinski definition) is 3. The molecule has 1 aliphatic heterocycles. The largest absolute Gasteiger partial charge is 0.338 e. The molecule has 2 aromatic heterocycles. The molecule has 0 spiro atoms. The monoisotopic (exact) mass is 330 g/mol. The molecule has 1 unspecified atom stereocenters. The molecule has 1 N–H and O–H groups in total. The SMILES string of the molecule is Bc1ccc(-c2[nH]ncc2C(=O)N2CCC(c3cccnc3)C2)cc1. The standard InChI is InChI=1S/C19H19BN4O/c20-16-5-3-13(4-6-16)18-17(11-22-23-18)19(25)24-9-7-15(12-24)14-2-1-8-21-10-14/h1-6,8,10-11,15H,7,9,12,20H2,(H,22,23). The molecule has 6 heteroatoms. The van der Waals surface area contributed by atoms with Crippen LogP contribution in [0.2, 0.25) is 0 Å². The van der Waals surface area contributed by atoms with E-state index in [-0.39, 0.29) is 5.91 Å². The second-order valence-electron chi connectivity index (χ2n) is 6.55. The Balaban J connectivity index is 1.55. The first-order chi connectivity index (χ1) is 12.2. The van der Waals surface area contributed by atoms with Gasteiger partial charge in [0.2, 0.25) is 0 Å². The van der Waals surface area contributed by atoms with Crippen molar-refractivity contribution in [2.24, 2.45) is 0 Å². The molecule has 5 nitrogen and oxygen atoms in total. The summed E-state index contributed by atoms with van der Waals surface area (Å²) in [5.41, 5.74) is 4.79. The van der Waals surface area contributed by atoms with E-state index in [0.29, 0.717) is 11.5 Å². The zero-order valence-electron chi connectivity index (χ0n) is 14.1. The molecule has 0 saturated carbocycles. The van der Waals surface area contributed by atoms with Gasteiger partial charge in [0.05, 0.1) is 17.5 Å². The highest BCUT2D eigenvalue weighted by molar-refractivity contribution is 6.32. The van der Waals surface area contributed by atoms with Crippen LogP contribution in [0.4, 0.5) is 0 Å². The molecular weight excluding hydrogens is 311 g/mol. The summed E-state index contributed by atoms with van der Waals surface area (Å²) in [5, 5.41) is 7.09. The third-order valence-electron chi connectivity index (χ3n) is 4.84. The lowest BCUT2D eigenvalue weighted by molar-refractivity contribution is 0.0791.